The van der Waals surface area contributed by atoms with Gasteiger partial charge in [-0.25, -0.2) is 8.78 Å². The summed E-state index contributed by atoms with van der Waals surface area (Å²) >= 11 is 0. The first-order chi connectivity index (χ1) is 15.3. The summed E-state index contributed by atoms with van der Waals surface area (Å²) in [5.74, 6) is -1.88. The number of aromatic nitrogens is 2. The minimum Gasteiger partial charge on any atom is -0.346 e. The van der Waals surface area contributed by atoms with Crippen LogP contribution in [0, 0.1) is 17.6 Å². The second-order valence-corrected chi connectivity index (χ2v) is 8.12. The molecule has 7 nitrogen and oxygen atoms in total. The van der Waals surface area contributed by atoms with Crippen LogP contribution in [0.15, 0.2) is 53.1 Å². The summed E-state index contributed by atoms with van der Waals surface area (Å²) in [6.45, 7) is 3.95. The van der Waals surface area contributed by atoms with Gasteiger partial charge in [0.05, 0.1) is 6.04 Å². The largest absolute Gasteiger partial charge is 0.346 e. The van der Waals surface area contributed by atoms with Crippen molar-refractivity contribution < 1.29 is 22.9 Å². The van der Waals surface area contributed by atoms with Crippen molar-refractivity contribution in [1.29, 1.82) is 0 Å². The van der Waals surface area contributed by atoms with Crippen molar-refractivity contribution >= 4 is 11.8 Å². The highest BCUT2D eigenvalue weighted by Gasteiger charge is 2.40. The Morgan fingerprint density at radius 3 is 2.59 bits per heavy atom. The number of piperazine rings is 1. The number of halogens is 2. The van der Waals surface area contributed by atoms with Gasteiger partial charge in [0.1, 0.15) is 17.7 Å². The Balaban J connectivity index is 1.64. The van der Waals surface area contributed by atoms with Gasteiger partial charge >= 0.3 is 0 Å². The SMILES string of the molecule is CC(C)C[C@H]1C(=O)N[C@@H](c2ccccc2F)CN1C(=O)c1noc(-c2ccc(F)cc2)n1. The van der Waals surface area contributed by atoms with Crippen LogP contribution in [0.2, 0.25) is 0 Å². The van der Waals surface area contributed by atoms with Crippen LogP contribution in [-0.2, 0) is 4.79 Å². The summed E-state index contributed by atoms with van der Waals surface area (Å²) in [5.41, 5.74) is 0.749. The van der Waals surface area contributed by atoms with Crippen molar-refractivity contribution in [2.45, 2.75) is 32.4 Å². The number of hydrogen-bond acceptors (Lipinski definition) is 5. The zero-order chi connectivity index (χ0) is 22.8. The molecule has 2 aromatic carbocycles. The molecule has 0 unspecified atom stereocenters. The molecule has 2 atom stereocenters. The average Bonchev–Trinajstić information content (AvgIpc) is 3.25. The van der Waals surface area contributed by atoms with Gasteiger partial charge in [0, 0.05) is 17.7 Å². The van der Waals surface area contributed by atoms with Crippen LogP contribution < -0.4 is 5.32 Å². The number of carbonyl (C=O) groups is 2. The van der Waals surface area contributed by atoms with Gasteiger partial charge in [-0.3, -0.25) is 9.59 Å². The van der Waals surface area contributed by atoms with E-state index in [1.54, 1.807) is 18.2 Å². The maximum Gasteiger partial charge on any atom is 0.296 e. The Morgan fingerprint density at radius 1 is 1.19 bits per heavy atom. The summed E-state index contributed by atoms with van der Waals surface area (Å²) in [5, 5.41) is 6.60. The van der Waals surface area contributed by atoms with Crippen LogP contribution in [0.5, 0.6) is 0 Å². The Hall–Kier alpha value is -3.62. The van der Waals surface area contributed by atoms with Gasteiger partial charge in [0.2, 0.25) is 5.91 Å². The lowest BCUT2D eigenvalue weighted by Crippen LogP contribution is -2.59. The van der Waals surface area contributed by atoms with Gasteiger partial charge in [-0.05, 0) is 42.7 Å². The molecule has 1 saturated heterocycles. The molecule has 3 aromatic rings. The molecule has 0 radical (unpaired) electrons. The van der Waals surface area contributed by atoms with E-state index in [0.29, 0.717) is 17.5 Å². The predicted octanol–water partition coefficient (Wildman–Crippen LogP) is 3.74. The maximum absolute atomic E-state index is 14.4. The fraction of sp³-hybridized carbons (Fsp3) is 0.304. The molecule has 0 saturated carbocycles. The van der Waals surface area contributed by atoms with Crippen LogP contribution in [0.25, 0.3) is 11.5 Å². The molecule has 0 spiro atoms. The smallest absolute Gasteiger partial charge is 0.296 e. The summed E-state index contributed by atoms with van der Waals surface area (Å²) in [7, 11) is 0. The lowest BCUT2D eigenvalue weighted by molar-refractivity contribution is -0.130. The molecule has 1 fully saturated rings. The Bertz CT molecular complexity index is 1130. The highest BCUT2D eigenvalue weighted by atomic mass is 19.1. The molecule has 1 aliphatic rings. The van der Waals surface area contributed by atoms with Gasteiger partial charge in [0.15, 0.2) is 0 Å². The molecular weight excluding hydrogens is 418 g/mol. The monoisotopic (exact) mass is 440 g/mol. The van der Waals surface area contributed by atoms with E-state index in [1.165, 1.54) is 35.2 Å². The quantitative estimate of drug-likeness (QED) is 0.653. The topological polar surface area (TPSA) is 88.3 Å². The minimum atomic E-state index is -0.752. The first-order valence-corrected chi connectivity index (χ1v) is 10.3. The fourth-order valence-electron chi connectivity index (χ4n) is 3.77. The summed E-state index contributed by atoms with van der Waals surface area (Å²) in [4.78, 5) is 31.7. The van der Waals surface area contributed by atoms with Crippen LogP contribution in [-0.4, -0.2) is 39.4 Å². The van der Waals surface area contributed by atoms with Crippen LogP contribution in [0.3, 0.4) is 0 Å². The third-order valence-electron chi connectivity index (χ3n) is 5.32. The zero-order valence-corrected chi connectivity index (χ0v) is 17.6. The van der Waals surface area contributed by atoms with E-state index in [1.807, 2.05) is 13.8 Å². The Labute approximate surface area is 183 Å². The van der Waals surface area contributed by atoms with Gasteiger partial charge in [-0.2, -0.15) is 4.98 Å². The van der Waals surface area contributed by atoms with Crippen molar-refractivity contribution in [3.63, 3.8) is 0 Å². The van der Waals surface area contributed by atoms with Gasteiger partial charge in [0.25, 0.3) is 17.6 Å². The maximum atomic E-state index is 14.4. The molecule has 0 aliphatic carbocycles. The second kappa shape index (κ2) is 8.86. The molecule has 2 heterocycles. The molecule has 1 aliphatic heterocycles. The number of hydrogen-bond donors (Lipinski definition) is 1. The first-order valence-electron chi connectivity index (χ1n) is 10.3. The second-order valence-electron chi connectivity index (χ2n) is 8.12. The van der Waals surface area contributed by atoms with E-state index in [2.05, 4.69) is 15.5 Å². The zero-order valence-electron chi connectivity index (χ0n) is 17.6. The number of nitrogens with one attached hydrogen (secondary N) is 1. The van der Waals surface area contributed by atoms with Crippen LogP contribution >= 0.6 is 0 Å². The van der Waals surface area contributed by atoms with Crippen LogP contribution in [0.4, 0.5) is 8.78 Å². The lowest BCUT2D eigenvalue weighted by atomic mass is 9.95. The Morgan fingerprint density at radius 2 is 1.91 bits per heavy atom. The summed E-state index contributed by atoms with van der Waals surface area (Å²) < 4.78 is 32.7. The highest BCUT2D eigenvalue weighted by molar-refractivity contribution is 5.96. The van der Waals surface area contributed by atoms with Crippen molar-refractivity contribution in [2.75, 3.05) is 6.54 Å². The molecule has 1 aromatic heterocycles. The first kappa shape index (κ1) is 21.6. The Kier molecular flexibility index (Phi) is 5.98. The van der Waals surface area contributed by atoms with E-state index in [9.17, 15) is 18.4 Å². The number of nitrogens with zero attached hydrogens (tertiary/aromatic N) is 3. The normalized spacial score (nSPS) is 18.7. The molecule has 1 N–H and O–H groups in total. The number of amides is 2. The summed E-state index contributed by atoms with van der Waals surface area (Å²) in [6, 6.07) is 10.1. The van der Waals surface area contributed by atoms with E-state index >= 15 is 0 Å². The third kappa shape index (κ3) is 4.37. The lowest BCUT2D eigenvalue weighted by Gasteiger charge is -2.39. The summed E-state index contributed by atoms with van der Waals surface area (Å²) in [6.07, 6.45) is 0.421. The highest BCUT2D eigenvalue weighted by Crippen LogP contribution is 2.27. The van der Waals surface area contributed by atoms with Gasteiger partial charge in [-0.1, -0.05) is 37.2 Å². The molecule has 0 bridgehead atoms. The van der Waals surface area contributed by atoms with Crippen LogP contribution in [0.1, 0.15) is 42.5 Å². The van der Waals surface area contributed by atoms with E-state index in [4.69, 9.17) is 4.52 Å². The van der Waals surface area contributed by atoms with E-state index in [0.717, 1.165) is 0 Å². The minimum absolute atomic E-state index is 0.0564. The molecule has 166 valence electrons. The predicted molar refractivity (Wildman–Crippen MR) is 111 cm³/mol. The fourth-order valence-corrected chi connectivity index (χ4v) is 3.77. The van der Waals surface area contributed by atoms with Crippen molar-refractivity contribution in [1.82, 2.24) is 20.4 Å². The average molecular weight is 440 g/mol. The van der Waals surface area contributed by atoms with E-state index in [-0.39, 0.29) is 30.1 Å². The van der Waals surface area contributed by atoms with Gasteiger partial charge < -0.3 is 14.7 Å². The van der Waals surface area contributed by atoms with E-state index < -0.39 is 29.6 Å². The van der Waals surface area contributed by atoms with Crippen molar-refractivity contribution in [3.05, 3.63) is 71.6 Å². The third-order valence-corrected chi connectivity index (χ3v) is 5.32. The number of carbonyl (C=O) groups excluding carboxylic acids is 2. The van der Waals surface area contributed by atoms with Gasteiger partial charge in [-0.15, -0.1) is 0 Å². The molecule has 9 heteroatoms. The molecule has 32 heavy (non-hydrogen) atoms. The standard InChI is InChI=1S/C23H22F2N4O3/c1-13(2)11-19-21(30)26-18(16-5-3-4-6-17(16)25)12-29(19)23(31)20-27-22(32-28-20)14-7-9-15(24)10-8-14/h3-10,13,18-19H,11-12H2,1-2H3,(H,26,30)/t18-,19+/m1/s1. The van der Waals surface area contributed by atoms with Crippen molar-refractivity contribution in [2.24, 2.45) is 5.92 Å². The molecular formula is C23H22F2N4O3. The molecule has 2 amide bonds. The molecule has 4 rings (SSSR count). The number of benzene rings is 2. The number of rotatable bonds is 5. The van der Waals surface area contributed by atoms with Crippen molar-refractivity contribution in [3.8, 4) is 11.5 Å².